The second kappa shape index (κ2) is 4.98. The predicted molar refractivity (Wildman–Crippen MR) is 27.2 cm³/mol. The third kappa shape index (κ3) is 3.98. The van der Waals surface area contributed by atoms with E-state index in [2.05, 4.69) is 17.7 Å². The summed E-state index contributed by atoms with van der Waals surface area (Å²) in [5.41, 5.74) is 2.73. The second-order valence-corrected chi connectivity index (χ2v) is 1.07. The first kappa shape index (κ1) is 5.98. The molecule has 0 aromatic heterocycles. The molecule has 0 aliphatic carbocycles. The van der Waals surface area contributed by atoms with Gasteiger partial charge in [0.2, 0.25) is 7.98 Å². The molecule has 0 heterocycles. The lowest BCUT2D eigenvalue weighted by Crippen LogP contribution is -2.29. The average molecular weight is 83.9 g/mol. The van der Waals surface area contributed by atoms with Gasteiger partial charge in [-0.2, -0.15) is 0 Å². The van der Waals surface area contributed by atoms with Crippen molar-refractivity contribution in [3.8, 4) is 0 Å². The lowest BCUT2D eigenvalue weighted by atomic mass is 10.5. The van der Waals surface area contributed by atoms with Crippen LogP contribution in [0.5, 0.6) is 0 Å². The van der Waals surface area contributed by atoms with Gasteiger partial charge in [0.05, 0.1) is 0 Å². The van der Waals surface area contributed by atoms with E-state index in [9.17, 15) is 0 Å². The summed E-state index contributed by atoms with van der Waals surface area (Å²) in [6.07, 6.45) is 1.10. The maximum absolute atomic E-state index is 4.85. The van der Waals surface area contributed by atoms with Crippen LogP contribution in [-0.2, 0) is 0 Å². The van der Waals surface area contributed by atoms with Crippen molar-refractivity contribution in [3.63, 3.8) is 0 Å². The zero-order chi connectivity index (χ0) is 4.83. The van der Waals surface area contributed by atoms with Gasteiger partial charge in [-0.05, 0) is 6.42 Å². The molecule has 2 nitrogen and oxygen atoms in total. The van der Waals surface area contributed by atoms with Crippen molar-refractivity contribution in [1.82, 2.24) is 10.8 Å². The van der Waals surface area contributed by atoms with E-state index in [0.29, 0.717) is 0 Å². The molecule has 3 heteroatoms. The van der Waals surface area contributed by atoms with Gasteiger partial charge in [-0.3, -0.25) is 5.43 Å². The molecule has 0 unspecified atom stereocenters. The Hall–Kier alpha value is -0.0151. The van der Waals surface area contributed by atoms with Gasteiger partial charge >= 0.3 is 0 Å². The van der Waals surface area contributed by atoms with Crippen LogP contribution in [0.3, 0.4) is 0 Å². The van der Waals surface area contributed by atoms with Crippen LogP contribution >= 0.6 is 0 Å². The maximum atomic E-state index is 4.85. The van der Waals surface area contributed by atoms with Gasteiger partial charge < -0.3 is 5.34 Å². The van der Waals surface area contributed by atoms with E-state index in [0.717, 1.165) is 13.0 Å². The highest BCUT2D eigenvalue weighted by Crippen LogP contribution is 1.62. The monoisotopic (exact) mass is 84.1 g/mol. The van der Waals surface area contributed by atoms with Crippen LogP contribution in [-0.4, -0.2) is 14.5 Å². The summed E-state index contributed by atoms with van der Waals surface area (Å²) in [5.74, 6) is 0. The van der Waals surface area contributed by atoms with Crippen molar-refractivity contribution in [3.05, 3.63) is 0 Å². The summed E-state index contributed by atoms with van der Waals surface area (Å²) in [6, 6.07) is 0. The predicted octanol–water partition coefficient (Wildman–Crippen LogP) is -0.426. The first-order chi connectivity index (χ1) is 2.91. The fraction of sp³-hybridized carbons (Fsp3) is 1.00. The quantitative estimate of drug-likeness (QED) is 0.275. The molecule has 0 rings (SSSR count). The molecule has 0 fully saturated rings. The Bertz CT molecular complexity index is 20.8. The summed E-state index contributed by atoms with van der Waals surface area (Å²) >= 11 is 0. The largest absolute Gasteiger partial charge is 0.311 e. The third-order valence-electron chi connectivity index (χ3n) is 0.477. The van der Waals surface area contributed by atoms with Gasteiger partial charge in [0.1, 0.15) is 0 Å². The van der Waals surface area contributed by atoms with Crippen molar-refractivity contribution >= 4 is 7.98 Å². The van der Waals surface area contributed by atoms with Crippen molar-refractivity contribution < 1.29 is 0 Å². The first-order valence-electron chi connectivity index (χ1n) is 2.10. The fourth-order valence-corrected chi connectivity index (χ4v) is 0.197. The van der Waals surface area contributed by atoms with E-state index in [1.807, 2.05) is 0 Å². The van der Waals surface area contributed by atoms with Crippen LogP contribution in [0.15, 0.2) is 0 Å². The van der Waals surface area contributed by atoms with Crippen molar-refractivity contribution in [1.29, 1.82) is 0 Å². The van der Waals surface area contributed by atoms with E-state index in [1.54, 1.807) is 0 Å². The van der Waals surface area contributed by atoms with Gasteiger partial charge in [0.25, 0.3) is 0 Å². The standard InChI is InChI=1S/C3H9BN2/c1-2-3-5-6-4/h5-6H,2-3H2,1H3. The van der Waals surface area contributed by atoms with Crippen LogP contribution in [0.1, 0.15) is 13.3 Å². The molecule has 0 saturated carbocycles. The van der Waals surface area contributed by atoms with Crippen molar-refractivity contribution in [2.24, 2.45) is 0 Å². The van der Waals surface area contributed by atoms with Gasteiger partial charge in [-0.15, -0.1) is 0 Å². The van der Waals surface area contributed by atoms with Gasteiger partial charge in [0.15, 0.2) is 0 Å². The third-order valence-corrected chi connectivity index (χ3v) is 0.477. The molecule has 0 aromatic carbocycles. The normalized spacial score (nSPS) is 8.83. The number of rotatable bonds is 3. The SMILES string of the molecule is [B]NNCCC. The van der Waals surface area contributed by atoms with Crippen molar-refractivity contribution in [2.75, 3.05) is 6.54 Å². The molecular weight excluding hydrogens is 74.9 g/mol. The van der Waals surface area contributed by atoms with Gasteiger partial charge in [-0.25, -0.2) is 0 Å². The van der Waals surface area contributed by atoms with E-state index >= 15 is 0 Å². The molecule has 6 heavy (non-hydrogen) atoms. The summed E-state index contributed by atoms with van der Waals surface area (Å²) in [5, 5.41) is 2.32. The van der Waals surface area contributed by atoms with Gasteiger partial charge in [-0.1, -0.05) is 6.92 Å². The molecule has 0 bridgehead atoms. The molecule has 0 atom stereocenters. The molecule has 0 saturated heterocycles. The van der Waals surface area contributed by atoms with E-state index < -0.39 is 0 Å². The van der Waals surface area contributed by atoms with E-state index in [-0.39, 0.29) is 0 Å². The minimum atomic E-state index is 0.927. The number of hydrogen-bond acceptors (Lipinski definition) is 2. The number of nitrogens with one attached hydrogen (secondary N) is 2. The summed E-state index contributed by atoms with van der Waals surface area (Å²) in [7, 11) is 4.85. The zero-order valence-electron chi connectivity index (χ0n) is 3.99. The Morgan fingerprint density at radius 1 is 1.67 bits per heavy atom. The molecule has 34 valence electrons. The second-order valence-electron chi connectivity index (χ2n) is 1.07. The van der Waals surface area contributed by atoms with Crippen LogP contribution in [0, 0.1) is 0 Å². The summed E-state index contributed by atoms with van der Waals surface area (Å²) in [6.45, 7) is 3.00. The van der Waals surface area contributed by atoms with Gasteiger partial charge in [0, 0.05) is 6.54 Å². The molecule has 0 aliphatic heterocycles. The topological polar surface area (TPSA) is 24.1 Å². The molecular formula is C3H9BN2. The zero-order valence-corrected chi connectivity index (χ0v) is 3.99. The Kier molecular flexibility index (Phi) is 4.97. The molecule has 2 N–H and O–H groups in total. The smallest absolute Gasteiger partial charge is 0.201 e. The lowest BCUT2D eigenvalue weighted by Gasteiger charge is -1.94. The molecule has 0 aromatic rings. The lowest BCUT2D eigenvalue weighted by molar-refractivity contribution is 0.660. The summed E-state index contributed by atoms with van der Waals surface area (Å²) in [4.78, 5) is 0. The minimum absolute atomic E-state index is 0.927. The number of hydrazine groups is 1. The molecule has 0 amide bonds. The molecule has 0 spiro atoms. The Morgan fingerprint density at radius 3 is 2.50 bits per heavy atom. The Balaban J connectivity index is 2.34. The maximum Gasteiger partial charge on any atom is 0.201 e. The molecule has 2 radical (unpaired) electrons. The highest BCUT2D eigenvalue weighted by atomic mass is 15.3. The Morgan fingerprint density at radius 2 is 2.33 bits per heavy atom. The van der Waals surface area contributed by atoms with Crippen LogP contribution in [0.25, 0.3) is 0 Å². The average Bonchev–Trinajstić information content (AvgIpc) is 1.61. The minimum Gasteiger partial charge on any atom is -0.311 e. The highest BCUT2D eigenvalue weighted by molar-refractivity contribution is 6.03. The number of hydrogen-bond donors (Lipinski definition) is 2. The molecule has 0 aliphatic rings. The Labute approximate surface area is 39.7 Å². The van der Waals surface area contributed by atoms with Crippen LogP contribution < -0.4 is 10.8 Å². The van der Waals surface area contributed by atoms with E-state index in [4.69, 9.17) is 7.98 Å². The van der Waals surface area contributed by atoms with E-state index in [1.165, 1.54) is 0 Å². The van der Waals surface area contributed by atoms with Crippen LogP contribution in [0.2, 0.25) is 0 Å². The highest BCUT2D eigenvalue weighted by Gasteiger charge is 1.70. The van der Waals surface area contributed by atoms with Crippen LogP contribution in [0.4, 0.5) is 0 Å². The first-order valence-corrected chi connectivity index (χ1v) is 2.10. The fourth-order valence-electron chi connectivity index (χ4n) is 0.197. The van der Waals surface area contributed by atoms with Crippen molar-refractivity contribution in [2.45, 2.75) is 13.3 Å². The summed E-state index contributed by atoms with van der Waals surface area (Å²) < 4.78 is 0.